The van der Waals surface area contributed by atoms with Crippen LogP contribution >= 0.6 is 0 Å². The fourth-order valence-electron chi connectivity index (χ4n) is 3.85. The smallest absolute Gasteiger partial charge is 0.313 e. The number of amides is 3. The Hall–Kier alpha value is -3.35. The first kappa shape index (κ1) is 22.3. The Morgan fingerprint density at radius 3 is 2.45 bits per heavy atom. The predicted molar refractivity (Wildman–Crippen MR) is 119 cm³/mol. The normalized spacial score (nSPS) is 18.0. The summed E-state index contributed by atoms with van der Waals surface area (Å²) in [4.78, 5) is 37.6. The monoisotopic (exact) mass is 423 g/mol. The van der Waals surface area contributed by atoms with Crippen molar-refractivity contribution in [3.05, 3.63) is 59.7 Å². The molecule has 164 valence electrons. The van der Waals surface area contributed by atoms with Gasteiger partial charge in [-0.15, -0.1) is 0 Å². The molecule has 0 aromatic heterocycles. The minimum Gasteiger partial charge on any atom is -0.496 e. The van der Waals surface area contributed by atoms with Crippen LogP contribution in [0.15, 0.2) is 48.5 Å². The molecular formula is C24H29N3O4. The molecule has 1 aliphatic rings. The fraction of sp³-hybridized carbons (Fsp3) is 0.375. The number of nitrogens with one attached hydrogen (secondary N) is 3. The van der Waals surface area contributed by atoms with E-state index < -0.39 is 11.8 Å². The Bertz CT molecular complexity index is 944. The lowest BCUT2D eigenvalue weighted by Gasteiger charge is -2.29. The van der Waals surface area contributed by atoms with E-state index in [1.165, 1.54) is 0 Å². The molecule has 3 N–H and O–H groups in total. The molecular weight excluding hydrogens is 394 g/mol. The van der Waals surface area contributed by atoms with E-state index in [9.17, 15) is 14.4 Å². The Morgan fingerprint density at radius 2 is 1.68 bits per heavy atom. The molecule has 0 spiro atoms. The van der Waals surface area contributed by atoms with E-state index in [0.29, 0.717) is 11.7 Å². The Kier molecular flexibility index (Phi) is 7.65. The summed E-state index contributed by atoms with van der Waals surface area (Å²) in [6.07, 6.45) is 4.12. The first-order valence-electron chi connectivity index (χ1n) is 10.6. The number of rotatable bonds is 6. The van der Waals surface area contributed by atoms with Gasteiger partial charge in [-0.05, 0) is 37.0 Å². The summed E-state index contributed by atoms with van der Waals surface area (Å²) in [6.45, 7) is 2.36. The van der Waals surface area contributed by atoms with E-state index in [1.54, 1.807) is 31.4 Å². The van der Waals surface area contributed by atoms with Crippen molar-refractivity contribution in [1.82, 2.24) is 10.6 Å². The Labute approximate surface area is 182 Å². The molecule has 0 heterocycles. The molecule has 7 heteroatoms. The molecule has 31 heavy (non-hydrogen) atoms. The average molecular weight is 424 g/mol. The molecule has 3 rings (SSSR count). The summed E-state index contributed by atoms with van der Waals surface area (Å²) in [6, 6.07) is 14.0. The third-order valence-electron chi connectivity index (χ3n) is 5.69. The van der Waals surface area contributed by atoms with Crippen LogP contribution in [0.25, 0.3) is 0 Å². The maximum absolute atomic E-state index is 12.7. The molecule has 1 fully saturated rings. The molecule has 2 aromatic carbocycles. The number of para-hydroxylation sites is 2. The van der Waals surface area contributed by atoms with Crippen LogP contribution in [-0.2, 0) is 16.1 Å². The van der Waals surface area contributed by atoms with Crippen LogP contribution in [0.2, 0.25) is 0 Å². The second-order valence-corrected chi connectivity index (χ2v) is 7.84. The maximum Gasteiger partial charge on any atom is 0.313 e. The number of anilines is 1. The standard InChI is InChI=1S/C24H29N3O4/c1-16-9-3-6-12-19(16)26-23(29)24(30)27-20-13-7-5-11-18(20)22(28)25-15-17-10-4-8-14-21(17)31-2/h4-5,7-8,10-11,13-14,16,19H,3,6,9,12,15H2,1-2H3,(H,25,28)(H,26,29)(H,27,30)/t16-,19+/m0/s1. The first-order valence-corrected chi connectivity index (χ1v) is 10.6. The molecule has 1 aliphatic carbocycles. The maximum atomic E-state index is 12.7. The number of methoxy groups -OCH3 is 1. The first-order chi connectivity index (χ1) is 15.0. The second kappa shape index (κ2) is 10.6. The summed E-state index contributed by atoms with van der Waals surface area (Å²) in [5.74, 6) is -0.787. The van der Waals surface area contributed by atoms with Crippen LogP contribution in [-0.4, -0.2) is 30.9 Å². The van der Waals surface area contributed by atoms with Crippen LogP contribution < -0.4 is 20.7 Å². The largest absolute Gasteiger partial charge is 0.496 e. The summed E-state index contributed by atoms with van der Waals surface area (Å²) < 4.78 is 5.30. The molecule has 0 saturated heterocycles. The average Bonchev–Trinajstić information content (AvgIpc) is 2.79. The number of benzene rings is 2. The van der Waals surface area contributed by atoms with Gasteiger partial charge in [0.2, 0.25) is 0 Å². The van der Waals surface area contributed by atoms with Crippen molar-refractivity contribution in [2.45, 2.75) is 45.2 Å². The zero-order valence-corrected chi connectivity index (χ0v) is 17.9. The van der Waals surface area contributed by atoms with Gasteiger partial charge in [0.05, 0.1) is 18.4 Å². The van der Waals surface area contributed by atoms with Crippen molar-refractivity contribution in [3.63, 3.8) is 0 Å². The molecule has 1 saturated carbocycles. The van der Waals surface area contributed by atoms with Crippen LogP contribution in [0.3, 0.4) is 0 Å². The fourth-order valence-corrected chi connectivity index (χ4v) is 3.85. The lowest BCUT2D eigenvalue weighted by molar-refractivity contribution is -0.137. The van der Waals surface area contributed by atoms with Crippen molar-refractivity contribution in [2.75, 3.05) is 12.4 Å². The summed E-state index contributed by atoms with van der Waals surface area (Å²) in [5, 5.41) is 8.24. The Morgan fingerprint density at radius 1 is 0.968 bits per heavy atom. The molecule has 7 nitrogen and oxygen atoms in total. The third-order valence-corrected chi connectivity index (χ3v) is 5.69. The van der Waals surface area contributed by atoms with Crippen LogP contribution in [0.4, 0.5) is 5.69 Å². The molecule has 2 atom stereocenters. The highest BCUT2D eigenvalue weighted by Gasteiger charge is 2.26. The van der Waals surface area contributed by atoms with Gasteiger partial charge in [-0.2, -0.15) is 0 Å². The van der Waals surface area contributed by atoms with Gasteiger partial charge in [0.25, 0.3) is 5.91 Å². The van der Waals surface area contributed by atoms with Crippen molar-refractivity contribution in [2.24, 2.45) is 5.92 Å². The molecule has 3 amide bonds. The van der Waals surface area contributed by atoms with Crippen molar-refractivity contribution in [1.29, 1.82) is 0 Å². The predicted octanol–water partition coefficient (Wildman–Crippen LogP) is 3.26. The summed E-state index contributed by atoms with van der Waals surface area (Å²) in [5.41, 5.74) is 1.40. The lowest BCUT2D eigenvalue weighted by Crippen LogP contribution is -2.46. The van der Waals surface area contributed by atoms with Crippen LogP contribution in [0.5, 0.6) is 5.75 Å². The van der Waals surface area contributed by atoms with Gasteiger partial charge in [-0.25, -0.2) is 0 Å². The third kappa shape index (κ3) is 5.84. The molecule has 0 bridgehead atoms. The zero-order valence-electron chi connectivity index (χ0n) is 17.9. The summed E-state index contributed by atoms with van der Waals surface area (Å²) >= 11 is 0. The van der Waals surface area contributed by atoms with Crippen molar-refractivity contribution < 1.29 is 19.1 Å². The number of carbonyl (C=O) groups excluding carboxylic acids is 3. The van der Waals surface area contributed by atoms with Crippen molar-refractivity contribution >= 4 is 23.4 Å². The highest BCUT2D eigenvalue weighted by Crippen LogP contribution is 2.24. The van der Waals surface area contributed by atoms with E-state index in [2.05, 4.69) is 22.9 Å². The van der Waals surface area contributed by atoms with Gasteiger partial charge in [-0.1, -0.05) is 50.1 Å². The highest BCUT2D eigenvalue weighted by atomic mass is 16.5. The molecule has 0 radical (unpaired) electrons. The van der Waals surface area contributed by atoms with Gasteiger partial charge in [0.1, 0.15) is 5.75 Å². The highest BCUT2D eigenvalue weighted by molar-refractivity contribution is 6.40. The van der Waals surface area contributed by atoms with Gasteiger partial charge < -0.3 is 20.7 Å². The number of ether oxygens (including phenoxy) is 1. The van der Waals surface area contributed by atoms with Crippen LogP contribution in [0, 0.1) is 5.92 Å². The van der Waals surface area contributed by atoms with Gasteiger partial charge in [0, 0.05) is 18.2 Å². The Balaban J connectivity index is 1.63. The zero-order chi connectivity index (χ0) is 22.2. The van der Waals surface area contributed by atoms with E-state index in [0.717, 1.165) is 31.2 Å². The van der Waals surface area contributed by atoms with Crippen LogP contribution in [0.1, 0.15) is 48.5 Å². The minimum atomic E-state index is -0.775. The van der Waals surface area contributed by atoms with E-state index in [4.69, 9.17) is 4.74 Å². The SMILES string of the molecule is COc1ccccc1CNC(=O)c1ccccc1NC(=O)C(=O)N[C@@H]1CCCC[C@@H]1C. The number of carbonyl (C=O) groups is 3. The molecule has 0 aliphatic heterocycles. The molecule has 2 aromatic rings. The lowest BCUT2D eigenvalue weighted by atomic mass is 9.86. The van der Waals surface area contributed by atoms with E-state index >= 15 is 0 Å². The quantitative estimate of drug-likeness (QED) is 0.622. The number of hydrogen-bond donors (Lipinski definition) is 3. The van der Waals surface area contributed by atoms with Crippen molar-refractivity contribution in [3.8, 4) is 5.75 Å². The molecule has 0 unspecified atom stereocenters. The topological polar surface area (TPSA) is 96.5 Å². The number of hydrogen-bond acceptors (Lipinski definition) is 4. The van der Waals surface area contributed by atoms with Gasteiger partial charge in [-0.3, -0.25) is 14.4 Å². The second-order valence-electron chi connectivity index (χ2n) is 7.84. The minimum absolute atomic E-state index is 0.00592. The summed E-state index contributed by atoms with van der Waals surface area (Å²) in [7, 11) is 1.57. The van der Waals surface area contributed by atoms with E-state index in [1.807, 2.05) is 24.3 Å². The van der Waals surface area contributed by atoms with E-state index in [-0.39, 0.29) is 29.7 Å². The van der Waals surface area contributed by atoms with Gasteiger partial charge >= 0.3 is 11.8 Å². The van der Waals surface area contributed by atoms with Gasteiger partial charge in [0.15, 0.2) is 0 Å².